The highest BCUT2D eigenvalue weighted by atomic mass is 32.2. The van der Waals surface area contributed by atoms with E-state index in [2.05, 4.69) is 41.4 Å². The number of aromatic nitrogens is 3. The van der Waals surface area contributed by atoms with Crippen molar-refractivity contribution >= 4 is 17.7 Å². The molecule has 2 aromatic rings. The van der Waals surface area contributed by atoms with E-state index in [9.17, 15) is 4.79 Å². The Bertz CT molecular complexity index is 684. The van der Waals surface area contributed by atoms with Gasteiger partial charge in [-0.2, -0.15) is 0 Å². The smallest absolute Gasteiger partial charge is 0.318 e. The summed E-state index contributed by atoms with van der Waals surface area (Å²) < 4.78 is 6.78. The molecule has 0 aliphatic heterocycles. The predicted molar refractivity (Wildman–Crippen MR) is 94.9 cm³/mol. The quantitative estimate of drug-likeness (QED) is 0.612. The zero-order valence-electron chi connectivity index (χ0n) is 14.5. The normalized spacial score (nSPS) is 13.5. The van der Waals surface area contributed by atoms with E-state index in [0.29, 0.717) is 11.7 Å². The first-order valence-corrected chi connectivity index (χ1v) is 8.82. The second-order valence-corrected chi connectivity index (χ2v) is 7.02. The molecule has 2 unspecified atom stereocenters. The van der Waals surface area contributed by atoms with E-state index in [1.165, 1.54) is 24.4 Å². The van der Waals surface area contributed by atoms with Crippen molar-refractivity contribution in [2.75, 3.05) is 7.11 Å². The topological polar surface area (TPSA) is 83.0 Å². The molecule has 2 N–H and O–H groups in total. The Morgan fingerprint density at radius 1 is 1.33 bits per heavy atom. The second-order valence-electron chi connectivity index (χ2n) is 5.71. The molecule has 2 rings (SSSR count). The average Bonchev–Trinajstić information content (AvgIpc) is 2.97. The summed E-state index contributed by atoms with van der Waals surface area (Å²) in [6.07, 6.45) is 0.767. The molecule has 7 heteroatoms. The number of nitrogens with two attached hydrogens (primary N) is 1. The number of hydrogen-bond donors (Lipinski definition) is 1. The molecule has 0 aliphatic rings. The number of thioether (sulfide) groups is 1. The summed E-state index contributed by atoms with van der Waals surface area (Å²) in [4.78, 5) is 11.7. The van der Waals surface area contributed by atoms with Crippen LogP contribution in [0.3, 0.4) is 0 Å². The van der Waals surface area contributed by atoms with Gasteiger partial charge >= 0.3 is 5.97 Å². The van der Waals surface area contributed by atoms with E-state index >= 15 is 0 Å². The number of aryl methyl sites for hydroxylation is 1. The molecular weight excluding hydrogens is 324 g/mol. The maximum Gasteiger partial charge on any atom is 0.318 e. The molecule has 24 heavy (non-hydrogen) atoms. The molecule has 1 aromatic heterocycles. The van der Waals surface area contributed by atoms with Gasteiger partial charge in [0.25, 0.3) is 0 Å². The molecule has 2 atom stereocenters. The Balaban J connectivity index is 2.32. The van der Waals surface area contributed by atoms with Crippen molar-refractivity contribution in [1.82, 2.24) is 14.8 Å². The van der Waals surface area contributed by atoms with Gasteiger partial charge in [-0.25, -0.2) is 0 Å². The van der Waals surface area contributed by atoms with Crippen molar-refractivity contribution in [1.29, 1.82) is 0 Å². The number of carbonyl (C=O) groups excluding carboxylic acids is 1. The highest BCUT2D eigenvalue weighted by molar-refractivity contribution is 8.00. The summed E-state index contributed by atoms with van der Waals surface area (Å²) >= 11 is 1.33. The molecule has 0 saturated heterocycles. The molecule has 6 nitrogen and oxygen atoms in total. The maximum absolute atomic E-state index is 11.7. The van der Waals surface area contributed by atoms with Crippen LogP contribution in [0.5, 0.6) is 0 Å². The van der Waals surface area contributed by atoms with E-state index in [0.717, 1.165) is 17.8 Å². The van der Waals surface area contributed by atoms with Crippen molar-refractivity contribution in [3.8, 4) is 0 Å². The molecule has 0 fully saturated rings. The summed E-state index contributed by atoms with van der Waals surface area (Å²) in [6.45, 7) is 6.48. The molecule has 0 radical (unpaired) electrons. The molecule has 1 aromatic carbocycles. The number of rotatable bonds is 7. The fourth-order valence-electron chi connectivity index (χ4n) is 2.24. The Kier molecular flexibility index (Phi) is 6.39. The monoisotopic (exact) mass is 348 g/mol. The van der Waals surface area contributed by atoms with E-state index < -0.39 is 0 Å². The maximum atomic E-state index is 11.7. The van der Waals surface area contributed by atoms with Crippen LogP contribution in [-0.2, 0) is 16.1 Å². The van der Waals surface area contributed by atoms with Crippen LogP contribution in [0.15, 0.2) is 29.4 Å². The highest BCUT2D eigenvalue weighted by Gasteiger charge is 2.22. The van der Waals surface area contributed by atoms with Crippen molar-refractivity contribution < 1.29 is 9.53 Å². The van der Waals surface area contributed by atoms with Crippen LogP contribution in [0.4, 0.5) is 0 Å². The van der Waals surface area contributed by atoms with Gasteiger partial charge in [0.15, 0.2) is 11.0 Å². The van der Waals surface area contributed by atoms with E-state index in [1.54, 1.807) is 6.92 Å². The summed E-state index contributed by atoms with van der Waals surface area (Å²) in [7, 11) is 1.38. The zero-order chi connectivity index (χ0) is 17.7. The Hall–Kier alpha value is -1.86. The van der Waals surface area contributed by atoms with Gasteiger partial charge < -0.3 is 15.0 Å². The fraction of sp³-hybridized carbons (Fsp3) is 0.471. The van der Waals surface area contributed by atoms with Crippen LogP contribution in [0, 0.1) is 6.92 Å². The van der Waals surface area contributed by atoms with Crippen LogP contribution in [0.1, 0.15) is 43.3 Å². The lowest BCUT2D eigenvalue weighted by atomic mass is 10.1. The zero-order valence-corrected chi connectivity index (χ0v) is 15.3. The number of ether oxygens (including phenoxy) is 1. The van der Waals surface area contributed by atoms with Gasteiger partial charge in [-0.15, -0.1) is 10.2 Å². The van der Waals surface area contributed by atoms with Crippen LogP contribution >= 0.6 is 11.8 Å². The van der Waals surface area contributed by atoms with E-state index in [-0.39, 0.29) is 17.3 Å². The molecule has 0 aliphatic carbocycles. The summed E-state index contributed by atoms with van der Waals surface area (Å²) in [5.74, 6) is 0.448. The van der Waals surface area contributed by atoms with Gasteiger partial charge in [0.05, 0.1) is 19.7 Å². The number of hydrogen-bond acceptors (Lipinski definition) is 6. The lowest BCUT2D eigenvalue weighted by Gasteiger charge is -2.15. The minimum Gasteiger partial charge on any atom is -0.468 e. The number of methoxy groups -OCH3 is 1. The van der Waals surface area contributed by atoms with Crippen LogP contribution in [0.2, 0.25) is 0 Å². The Morgan fingerprint density at radius 2 is 2.00 bits per heavy atom. The van der Waals surface area contributed by atoms with Gasteiger partial charge in [0, 0.05) is 0 Å². The van der Waals surface area contributed by atoms with Gasteiger partial charge in [0.2, 0.25) is 0 Å². The lowest BCUT2D eigenvalue weighted by molar-refractivity contribution is -0.139. The summed E-state index contributed by atoms with van der Waals surface area (Å²) in [6, 6.07) is 8.11. The van der Waals surface area contributed by atoms with Crippen LogP contribution in [0.25, 0.3) is 0 Å². The van der Waals surface area contributed by atoms with Gasteiger partial charge in [0.1, 0.15) is 5.25 Å². The number of esters is 1. The SMILES string of the molecule is CCC(N)c1nnc(SC(C)C(=O)OC)n1Cc1ccc(C)cc1. The first-order chi connectivity index (χ1) is 11.5. The summed E-state index contributed by atoms with van der Waals surface area (Å²) in [5.41, 5.74) is 8.53. The third-order valence-corrected chi connectivity index (χ3v) is 4.85. The van der Waals surface area contributed by atoms with Crippen molar-refractivity contribution in [2.24, 2.45) is 5.73 Å². The number of carbonyl (C=O) groups is 1. The first kappa shape index (κ1) is 18.5. The molecule has 0 amide bonds. The first-order valence-electron chi connectivity index (χ1n) is 7.95. The lowest BCUT2D eigenvalue weighted by Crippen LogP contribution is -2.19. The third kappa shape index (κ3) is 4.36. The Labute approximate surface area is 146 Å². The molecule has 0 bridgehead atoms. The predicted octanol–water partition coefficient (Wildman–Crippen LogP) is 2.70. The van der Waals surface area contributed by atoms with Gasteiger partial charge in [-0.05, 0) is 25.8 Å². The van der Waals surface area contributed by atoms with Crippen molar-refractivity contribution in [3.63, 3.8) is 0 Å². The molecule has 0 spiro atoms. The highest BCUT2D eigenvalue weighted by Crippen LogP contribution is 2.26. The largest absolute Gasteiger partial charge is 0.468 e. The van der Waals surface area contributed by atoms with Crippen LogP contribution < -0.4 is 5.73 Å². The third-order valence-electron chi connectivity index (χ3n) is 3.79. The number of nitrogens with zero attached hydrogens (tertiary/aromatic N) is 3. The molecule has 0 saturated carbocycles. The van der Waals surface area contributed by atoms with Crippen molar-refractivity contribution in [2.45, 2.75) is 50.2 Å². The van der Waals surface area contributed by atoms with E-state index in [1.807, 2.05) is 11.5 Å². The number of benzene rings is 1. The standard InChI is InChI=1S/C17H24N4O2S/c1-5-14(18)15-19-20-17(24-12(3)16(22)23-4)21(15)10-13-8-6-11(2)7-9-13/h6-9,12,14H,5,10,18H2,1-4H3. The second kappa shape index (κ2) is 8.30. The average molecular weight is 348 g/mol. The van der Waals surface area contributed by atoms with Gasteiger partial charge in [-0.1, -0.05) is 48.5 Å². The molecular formula is C17H24N4O2S. The van der Waals surface area contributed by atoms with Gasteiger partial charge in [-0.3, -0.25) is 4.79 Å². The Morgan fingerprint density at radius 3 is 2.58 bits per heavy atom. The van der Waals surface area contributed by atoms with Crippen LogP contribution in [-0.4, -0.2) is 33.1 Å². The van der Waals surface area contributed by atoms with Crippen molar-refractivity contribution in [3.05, 3.63) is 41.2 Å². The summed E-state index contributed by atoms with van der Waals surface area (Å²) in [5, 5.41) is 8.81. The fourth-order valence-corrected chi connectivity index (χ4v) is 3.12. The van der Waals surface area contributed by atoms with E-state index in [4.69, 9.17) is 10.5 Å². The molecule has 130 valence electrons. The minimum atomic E-state index is -0.360. The molecule has 1 heterocycles. The minimum absolute atomic E-state index is 0.189.